The zero-order chi connectivity index (χ0) is 17.7. The van der Waals surface area contributed by atoms with E-state index in [2.05, 4.69) is 4.72 Å². The van der Waals surface area contributed by atoms with Crippen LogP contribution in [0.25, 0.3) is 0 Å². The molecule has 0 radical (unpaired) electrons. The normalized spacial score (nSPS) is 11.1. The van der Waals surface area contributed by atoms with E-state index < -0.39 is 10.0 Å². The van der Waals surface area contributed by atoms with Gasteiger partial charge in [0.1, 0.15) is 11.5 Å². The van der Waals surface area contributed by atoms with Crippen molar-refractivity contribution in [1.82, 2.24) is 0 Å². The van der Waals surface area contributed by atoms with Gasteiger partial charge in [0.05, 0.1) is 4.90 Å². The van der Waals surface area contributed by atoms with Gasteiger partial charge >= 0.3 is 0 Å². The fourth-order valence-electron chi connectivity index (χ4n) is 2.21. The van der Waals surface area contributed by atoms with Gasteiger partial charge in [-0.2, -0.15) is 0 Å². The predicted molar refractivity (Wildman–Crippen MR) is 102 cm³/mol. The number of anilines is 1. The standard InChI is InChI=1S/C19H17NO3S2/c1-24-18-9-5-6-15(14-18)20-25(21,22)19-12-10-17(11-13-19)23-16-7-3-2-4-8-16/h2-14,20H,1H3. The summed E-state index contributed by atoms with van der Waals surface area (Å²) in [6.45, 7) is 0. The average Bonchev–Trinajstić information content (AvgIpc) is 2.63. The molecule has 3 aromatic carbocycles. The molecule has 0 aromatic heterocycles. The maximum Gasteiger partial charge on any atom is 0.261 e. The molecule has 0 atom stereocenters. The topological polar surface area (TPSA) is 55.4 Å². The summed E-state index contributed by atoms with van der Waals surface area (Å²) in [5, 5.41) is 0. The smallest absolute Gasteiger partial charge is 0.261 e. The lowest BCUT2D eigenvalue weighted by Crippen LogP contribution is -2.12. The molecule has 3 aromatic rings. The predicted octanol–water partition coefficient (Wildman–Crippen LogP) is 5.00. The largest absolute Gasteiger partial charge is 0.457 e. The summed E-state index contributed by atoms with van der Waals surface area (Å²) < 4.78 is 33.3. The highest BCUT2D eigenvalue weighted by atomic mass is 32.2. The van der Waals surface area contributed by atoms with Crippen molar-refractivity contribution in [2.45, 2.75) is 9.79 Å². The minimum Gasteiger partial charge on any atom is -0.457 e. The van der Waals surface area contributed by atoms with Gasteiger partial charge in [0.25, 0.3) is 10.0 Å². The molecular formula is C19H17NO3S2. The molecule has 6 heteroatoms. The molecule has 0 bridgehead atoms. The van der Waals surface area contributed by atoms with E-state index in [1.54, 1.807) is 36.0 Å². The zero-order valence-electron chi connectivity index (χ0n) is 13.5. The highest BCUT2D eigenvalue weighted by Gasteiger charge is 2.14. The van der Waals surface area contributed by atoms with Crippen molar-refractivity contribution < 1.29 is 13.2 Å². The van der Waals surface area contributed by atoms with Crippen LogP contribution in [0.1, 0.15) is 0 Å². The minimum atomic E-state index is -3.64. The van der Waals surface area contributed by atoms with E-state index in [1.165, 1.54) is 12.1 Å². The number of rotatable bonds is 6. The van der Waals surface area contributed by atoms with Crippen molar-refractivity contribution in [1.29, 1.82) is 0 Å². The van der Waals surface area contributed by atoms with Crippen molar-refractivity contribution in [3.05, 3.63) is 78.9 Å². The van der Waals surface area contributed by atoms with Gasteiger partial charge in [-0.3, -0.25) is 4.72 Å². The summed E-state index contributed by atoms with van der Waals surface area (Å²) in [6.07, 6.45) is 1.94. The Bertz CT molecular complexity index is 940. The molecule has 0 amide bonds. The van der Waals surface area contributed by atoms with Crippen LogP contribution in [0.15, 0.2) is 88.7 Å². The lowest BCUT2D eigenvalue weighted by atomic mass is 10.3. The second kappa shape index (κ2) is 7.63. The first-order valence-corrected chi connectivity index (χ1v) is 10.3. The number of thioether (sulfide) groups is 1. The third-order valence-electron chi connectivity index (χ3n) is 3.43. The summed E-state index contributed by atoms with van der Waals surface area (Å²) in [7, 11) is -3.64. The van der Waals surface area contributed by atoms with Crippen molar-refractivity contribution >= 4 is 27.5 Å². The van der Waals surface area contributed by atoms with E-state index in [-0.39, 0.29) is 4.90 Å². The summed E-state index contributed by atoms with van der Waals surface area (Å²) in [6, 6.07) is 22.9. The Morgan fingerprint density at radius 2 is 1.52 bits per heavy atom. The highest BCUT2D eigenvalue weighted by Crippen LogP contribution is 2.25. The molecule has 0 unspecified atom stereocenters. The van der Waals surface area contributed by atoms with Gasteiger partial charge < -0.3 is 4.74 Å². The zero-order valence-corrected chi connectivity index (χ0v) is 15.2. The van der Waals surface area contributed by atoms with Crippen LogP contribution in [0.4, 0.5) is 5.69 Å². The second-order valence-corrected chi connectivity index (χ2v) is 7.79. The molecule has 0 aliphatic rings. The third kappa shape index (κ3) is 4.55. The van der Waals surface area contributed by atoms with Gasteiger partial charge in [-0.25, -0.2) is 8.42 Å². The second-order valence-electron chi connectivity index (χ2n) is 5.22. The first-order valence-electron chi connectivity index (χ1n) is 7.57. The lowest BCUT2D eigenvalue weighted by Gasteiger charge is -2.10. The summed E-state index contributed by atoms with van der Waals surface area (Å²) in [5.41, 5.74) is 0.538. The van der Waals surface area contributed by atoms with E-state index in [4.69, 9.17) is 4.74 Å². The van der Waals surface area contributed by atoms with Crippen LogP contribution in [0.2, 0.25) is 0 Å². The molecular weight excluding hydrogens is 354 g/mol. The Morgan fingerprint density at radius 1 is 0.840 bits per heavy atom. The molecule has 1 N–H and O–H groups in total. The number of hydrogen-bond acceptors (Lipinski definition) is 4. The van der Waals surface area contributed by atoms with Gasteiger partial charge in [0.15, 0.2) is 0 Å². The van der Waals surface area contributed by atoms with Crippen LogP contribution in [0.3, 0.4) is 0 Å². The molecule has 4 nitrogen and oxygen atoms in total. The molecule has 0 aliphatic heterocycles. The van der Waals surface area contributed by atoms with Gasteiger partial charge in [-0.05, 0) is 60.9 Å². The van der Waals surface area contributed by atoms with Gasteiger partial charge in [0.2, 0.25) is 0 Å². The number of sulfonamides is 1. The monoisotopic (exact) mass is 371 g/mol. The number of hydrogen-bond donors (Lipinski definition) is 1. The van der Waals surface area contributed by atoms with Crippen LogP contribution in [-0.2, 0) is 10.0 Å². The Kier molecular flexibility index (Phi) is 5.31. The van der Waals surface area contributed by atoms with Crippen molar-refractivity contribution in [3.63, 3.8) is 0 Å². The van der Waals surface area contributed by atoms with Crippen LogP contribution < -0.4 is 9.46 Å². The molecule has 3 rings (SSSR count). The van der Waals surface area contributed by atoms with E-state index in [0.717, 1.165) is 4.90 Å². The first-order chi connectivity index (χ1) is 12.1. The van der Waals surface area contributed by atoms with Crippen LogP contribution in [0.5, 0.6) is 11.5 Å². The molecule has 0 spiro atoms. The summed E-state index contributed by atoms with van der Waals surface area (Å²) >= 11 is 1.56. The maximum absolute atomic E-state index is 12.5. The molecule has 0 heterocycles. The van der Waals surface area contributed by atoms with Crippen LogP contribution in [-0.4, -0.2) is 14.7 Å². The molecule has 0 fully saturated rings. The average molecular weight is 371 g/mol. The summed E-state index contributed by atoms with van der Waals surface area (Å²) in [5.74, 6) is 1.28. The van der Waals surface area contributed by atoms with E-state index >= 15 is 0 Å². The third-order valence-corrected chi connectivity index (χ3v) is 5.56. The number of ether oxygens (including phenoxy) is 1. The SMILES string of the molecule is CSc1cccc(NS(=O)(=O)c2ccc(Oc3ccccc3)cc2)c1. The number of benzene rings is 3. The Morgan fingerprint density at radius 3 is 2.20 bits per heavy atom. The Hall–Kier alpha value is -2.44. The quantitative estimate of drug-likeness (QED) is 0.620. The fourth-order valence-corrected chi connectivity index (χ4v) is 3.72. The van der Waals surface area contributed by atoms with Crippen molar-refractivity contribution in [2.24, 2.45) is 0 Å². The maximum atomic E-state index is 12.5. The molecule has 25 heavy (non-hydrogen) atoms. The van der Waals surface area contributed by atoms with Crippen LogP contribution in [0, 0.1) is 0 Å². The Balaban J connectivity index is 1.76. The van der Waals surface area contributed by atoms with E-state index in [1.807, 2.05) is 48.7 Å². The molecule has 0 saturated heterocycles. The first kappa shape index (κ1) is 17.4. The molecule has 0 aliphatic carbocycles. The summed E-state index contributed by atoms with van der Waals surface area (Å²) in [4.78, 5) is 1.18. The van der Waals surface area contributed by atoms with Crippen LogP contribution >= 0.6 is 11.8 Å². The molecule has 128 valence electrons. The minimum absolute atomic E-state index is 0.183. The van der Waals surface area contributed by atoms with Gasteiger partial charge in [-0.15, -0.1) is 11.8 Å². The lowest BCUT2D eigenvalue weighted by molar-refractivity contribution is 0.482. The fraction of sp³-hybridized carbons (Fsp3) is 0.0526. The van der Waals surface area contributed by atoms with E-state index in [9.17, 15) is 8.42 Å². The highest BCUT2D eigenvalue weighted by molar-refractivity contribution is 7.98. The number of para-hydroxylation sites is 1. The van der Waals surface area contributed by atoms with Gasteiger partial charge in [-0.1, -0.05) is 24.3 Å². The molecule has 0 saturated carbocycles. The van der Waals surface area contributed by atoms with Crippen molar-refractivity contribution in [2.75, 3.05) is 11.0 Å². The Labute approximate surface area is 151 Å². The van der Waals surface area contributed by atoms with Gasteiger partial charge in [0, 0.05) is 10.6 Å². The van der Waals surface area contributed by atoms with E-state index in [0.29, 0.717) is 17.2 Å². The number of nitrogens with one attached hydrogen (secondary N) is 1. The van der Waals surface area contributed by atoms with Crippen molar-refractivity contribution in [3.8, 4) is 11.5 Å².